The SMILES string of the molecule is NCC1CCC(NC(=O)N2CCC(C(F)(F)F)C3(CCOCC3)C2)C1. The number of amides is 2. The zero-order valence-corrected chi connectivity index (χ0v) is 14.5. The first-order valence-corrected chi connectivity index (χ1v) is 9.24. The number of rotatable bonds is 2. The van der Waals surface area contributed by atoms with Gasteiger partial charge in [0.25, 0.3) is 0 Å². The molecule has 1 saturated carbocycles. The molecule has 25 heavy (non-hydrogen) atoms. The van der Waals surface area contributed by atoms with Crippen molar-refractivity contribution in [1.29, 1.82) is 0 Å². The van der Waals surface area contributed by atoms with Crippen molar-refractivity contribution >= 4 is 6.03 Å². The summed E-state index contributed by atoms with van der Waals surface area (Å²) in [5.41, 5.74) is 4.78. The van der Waals surface area contributed by atoms with E-state index in [2.05, 4.69) is 5.32 Å². The molecule has 1 aliphatic carbocycles. The Labute approximate surface area is 146 Å². The van der Waals surface area contributed by atoms with Gasteiger partial charge in [0.2, 0.25) is 0 Å². The zero-order chi connectivity index (χ0) is 18.1. The quantitative estimate of drug-likeness (QED) is 0.792. The fourth-order valence-electron chi connectivity index (χ4n) is 4.82. The summed E-state index contributed by atoms with van der Waals surface area (Å²) in [5, 5.41) is 3.01. The number of piperidine rings is 1. The molecule has 144 valence electrons. The van der Waals surface area contributed by atoms with E-state index in [0.717, 1.165) is 19.3 Å². The first-order chi connectivity index (χ1) is 11.8. The van der Waals surface area contributed by atoms with Crippen LogP contribution in [0.25, 0.3) is 0 Å². The Morgan fingerprint density at radius 2 is 1.96 bits per heavy atom. The fraction of sp³-hybridized carbons (Fsp3) is 0.941. The summed E-state index contributed by atoms with van der Waals surface area (Å²) in [5.74, 6) is -0.913. The van der Waals surface area contributed by atoms with Crippen LogP contribution < -0.4 is 11.1 Å². The Hall–Kier alpha value is -1.02. The van der Waals surface area contributed by atoms with Gasteiger partial charge in [-0.05, 0) is 51.0 Å². The molecule has 2 saturated heterocycles. The van der Waals surface area contributed by atoms with Crippen LogP contribution in [-0.2, 0) is 4.74 Å². The van der Waals surface area contributed by atoms with E-state index in [1.165, 1.54) is 0 Å². The van der Waals surface area contributed by atoms with E-state index in [4.69, 9.17) is 10.5 Å². The largest absolute Gasteiger partial charge is 0.392 e. The summed E-state index contributed by atoms with van der Waals surface area (Å²) >= 11 is 0. The van der Waals surface area contributed by atoms with Crippen LogP contribution in [0.2, 0.25) is 0 Å². The third kappa shape index (κ3) is 4.05. The monoisotopic (exact) mass is 363 g/mol. The highest BCUT2D eigenvalue weighted by Gasteiger charge is 2.56. The van der Waals surface area contributed by atoms with Crippen molar-refractivity contribution in [2.75, 3.05) is 32.8 Å². The smallest absolute Gasteiger partial charge is 0.381 e. The molecule has 5 nitrogen and oxygen atoms in total. The predicted octanol–water partition coefficient (Wildman–Crippen LogP) is 2.50. The van der Waals surface area contributed by atoms with E-state index in [-0.39, 0.29) is 31.6 Å². The lowest BCUT2D eigenvalue weighted by Gasteiger charge is -2.50. The first kappa shape index (κ1) is 18.8. The lowest BCUT2D eigenvalue weighted by molar-refractivity contribution is -0.232. The normalized spacial score (nSPS) is 32.8. The lowest BCUT2D eigenvalue weighted by Crippen LogP contribution is -2.58. The number of likely N-dealkylation sites (tertiary alicyclic amines) is 1. The Morgan fingerprint density at radius 3 is 2.56 bits per heavy atom. The third-order valence-corrected chi connectivity index (χ3v) is 6.31. The molecule has 0 aromatic rings. The highest BCUT2D eigenvalue weighted by molar-refractivity contribution is 5.74. The highest BCUT2D eigenvalue weighted by Crippen LogP contribution is 2.50. The summed E-state index contributed by atoms with van der Waals surface area (Å²) in [6.07, 6.45) is -0.767. The van der Waals surface area contributed by atoms with Crippen LogP contribution in [0.3, 0.4) is 0 Å². The van der Waals surface area contributed by atoms with Crippen molar-refractivity contribution in [2.45, 2.75) is 50.7 Å². The molecule has 2 amide bonds. The molecule has 2 aliphatic heterocycles. The van der Waals surface area contributed by atoms with Gasteiger partial charge in [0.1, 0.15) is 0 Å². The van der Waals surface area contributed by atoms with Crippen molar-refractivity contribution in [3.63, 3.8) is 0 Å². The Bertz CT molecular complexity index is 480. The maximum atomic E-state index is 13.5. The van der Waals surface area contributed by atoms with Crippen molar-refractivity contribution in [1.82, 2.24) is 10.2 Å². The van der Waals surface area contributed by atoms with Crippen LogP contribution in [0.15, 0.2) is 0 Å². The molecule has 1 spiro atoms. The number of hydrogen-bond donors (Lipinski definition) is 2. The Balaban J connectivity index is 1.65. The minimum Gasteiger partial charge on any atom is -0.381 e. The summed E-state index contributed by atoms with van der Waals surface area (Å²) in [4.78, 5) is 14.2. The Kier molecular flexibility index (Phi) is 5.48. The number of halogens is 3. The lowest BCUT2D eigenvalue weighted by atomic mass is 9.66. The molecule has 3 aliphatic rings. The minimum atomic E-state index is -4.22. The number of alkyl halides is 3. The molecule has 3 N–H and O–H groups in total. The molecular formula is C17H28F3N3O2. The summed E-state index contributed by atoms with van der Waals surface area (Å²) in [6.45, 7) is 1.61. The summed E-state index contributed by atoms with van der Waals surface area (Å²) < 4.78 is 45.9. The molecule has 0 bridgehead atoms. The second-order valence-electron chi connectivity index (χ2n) is 7.84. The Morgan fingerprint density at radius 1 is 1.24 bits per heavy atom. The van der Waals surface area contributed by atoms with Gasteiger partial charge in [-0.1, -0.05) is 0 Å². The number of nitrogens with two attached hydrogens (primary N) is 1. The molecular weight excluding hydrogens is 335 g/mol. The molecule has 0 aromatic heterocycles. The van der Waals surface area contributed by atoms with Gasteiger partial charge in [-0.25, -0.2) is 4.79 Å². The van der Waals surface area contributed by atoms with Gasteiger partial charge < -0.3 is 20.7 Å². The highest BCUT2D eigenvalue weighted by atomic mass is 19.4. The van der Waals surface area contributed by atoms with Gasteiger partial charge in [-0.2, -0.15) is 13.2 Å². The molecule has 2 heterocycles. The predicted molar refractivity (Wildman–Crippen MR) is 86.9 cm³/mol. The number of ether oxygens (including phenoxy) is 1. The van der Waals surface area contributed by atoms with Crippen LogP contribution in [-0.4, -0.2) is 56.0 Å². The maximum Gasteiger partial charge on any atom is 0.392 e. The maximum absolute atomic E-state index is 13.5. The van der Waals surface area contributed by atoms with E-state index in [1.54, 1.807) is 4.90 Å². The van der Waals surface area contributed by atoms with Crippen LogP contribution in [0.4, 0.5) is 18.0 Å². The molecule has 3 unspecified atom stereocenters. The van der Waals surface area contributed by atoms with Crippen molar-refractivity contribution in [3.8, 4) is 0 Å². The van der Waals surface area contributed by atoms with Gasteiger partial charge >= 0.3 is 12.2 Å². The second-order valence-corrected chi connectivity index (χ2v) is 7.84. The number of hydrogen-bond acceptors (Lipinski definition) is 3. The van der Waals surface area contributed by atoms with Crippen LogP contribution in [0.1, 0.15) is 38.5 Å². The van der Waals surface area contributed by atoms with Crippen molar-refractivity contribution < 1.29 is 22.7 Å². The molecule has 0 radical (unpaired) electrons. The number of carbonyl (C=O) groups is 1. The number of carbonyl (C=O) groups excluding carboxylic acids is 1. The van der Waals surface area contributed by atoms with E-state index in [0.29, 0.717) is 38.5 Å². The average Bonchev–Trinajstić information content (AvgIpc) is 3.02. The molecule has 3 fully saturated rings. The van der Waals surface area contributed by atoms with Gasteiger partial charge in [0.05, 0.1) is 5.92 Å². The van der Waals surface area contributed by atoms with E-state index in [9.17, 15) is 18.0 Å². The van der Waals surface area contributed by atoms with Gasteiger partial charge in [0.15, 0.2) is 0 Å². The fourth-order valence-corrected chi connectivity index (χ4v) is 4.82. The number of nitrogens with one attached hydrogen (secondary N) is 1. The van der Waals surface area contributed by atoms with Crippen LogP contribution >= 0.6 is 0 Å². The second kappa shape index (κ2) is 7.31. The average molecular weight is 363 g/mol. The minimum absolute atomic E-state index is 0.0208. The van der Waals surface area contributed by atoms with Crippen LogP contribution in [0.5, 0.6) is 0 Å². The summed E-state index contributed by atoms with van der Waals surface area (Å²) in [7, 11) is 0. The standard InChI is InChI=1S/C17H28F3N3O2/c18-17(19,20)14-3-6-23(11-16(14)4-7-25-8-5-16)15(24)22-13-2-1-12(9-13)10-21/h12-14H,1-11,21H2,(H,22,24). The first-order valence-electron chi connectivity index (χ1n) is 9.24. The molecule has 8 heteroatoms. The van der Waals surface area contributed by atoms with Gasteiger partial charge in [0, 0.05) is 37.8 Å². The van der Waals surface area contributed by atoms with E-state index < -0.39 is 17.5 Å². The number of nitrogens with zero attached hydrogens (tertiary/aromatic N) is 1. The topological polar surface area (TPSA) is 67.6 Å². The van der Waals surface area contributed by atoms with E-state index >= 15 is 0 Å². The van der Waals surface area contributed by atoms with Gasteiger partial charge in [-0.3, -0.25) is 0 Å². The molecule has 3 rings (SSSR count). The van der Waals surface area contributed by atoms with Crippen molar-refractivity contribution in [3.05, 3.63) is 0 Å². The summed E-state index contributed by atoms with van der Waals surface area (Å²) in [6, 6.07) is -0.138. The van der Waals surface area contributed by atoms with Gasteiger partial charge in [-0.15, -0.1) is 0 Å². The number of urea groups is 1. The van der Waals surface area contributed by atoms with E-state index in [1.807, 2.05) is 0 Å². The molecule has 3 atom stereocenters. The van der Waals surface area contributed by atoms with Crippen molar-refractivity contribution in [2.24, 2.45) is 23.0 Å². The van der Waals surface area contributed by atoms with Crippen LogP contribution in [0, 0.1) is 17.3 Å². The molecule has 0 aromatic carbocycles. The third-order valence-electron chi connectivity index (χ3n) is 6.31. The zero-order valence-electron chi connectivity index (χ0n) is 14.5.